The Morgan fingerprint density at radius 2 is 2.54 bits per heavy atom. The number of aromatic nitrogens is 2. The van der Waals surface area contributed by atoms with Crippen molar-refractivity contribution in [1.82, 2.24) is 9.55 Å². The first-order valence-electron chi connectivity index (χ1n) is 4.32. The number of nitrogens with zero attached hydrogens (tertiary/aromatic N) is 2. The van der Waals surface area contributed by atoms with Crippen molar-refractivity contribution in [2.45, 2.75) is 12.5 Å². The lowest BCUT2D eigenvalue weighted by atomic mass is 10.1. The number of imidazole rings is 1. The normalized spacial score (nSPS) is 18.2. The summed E-state index contributed by atoms with van der Waals surface area (Å²) < 4.78 is 7.07. The largest absolute Gasteiger partial charge is 0.501 e. The van der Waals surface area contributed by atoms with Gasteiger partial charge in [-0.1, -0.05) is 0 Å². The molecule has 0 spiro atoms. The fourth-order valence-corrected chi connectivity index (χ4v) is 1.47. The Kier molecular flexibility index (Phi) is 2.06. The summed E-state index contributed by atoms with van der Waals surface area (Å²) in [6.45, 7) is 0.744. The molecule has 0 bridgehead atoms. The quantitative estimate of drug-likeness (QED) is 0.728. The third-order valence-corrected chi connectivity index (χ3v) is 2.28. The molecule has 4 nitrogen and oxygen atoms in total. The highest BCUT2D eigenvalue weighted by Gasteiger charge is 2.18. The van der Waals surface area contributed by atoms with Crippen molar-refractivity contribution in [1.29, 1.82) is 0 Å². The van der Waals surface area contributed by atoms with E-state index in [0.717, 1.165) is 24.4 Å². The third kappa shape index (κ3) is 1.45. The smallest absolute Gasteiger partial charge is 0.129 e. The molecule has 4 heteroatoms. The Bertz CT molecular complexity index is 329. The zero-order valence-corrected chi connectivity index (χ0v) is 7.60. The summed E-state index contributed by atoms with van der Waals surface area (Å²) in [5.74, 6) is 0.886. The molecule has 2 rings (SSSR count). The second-order valence-electron chi connectivity index (χ2n) is 3.19. The molecule has 0 saturated heterocycles. The van der Waals surface area contributed by atoms with Gasteiger partial charge in [0.1, 0.15) is 5.82 Å². The van der Waals surface area contributed by atoms with E-state index < -0.39 is 0 Å². The van der Waals surface area contributed by atoms with Crippen molar-refractivity contribution in [3.8, 4) is 0 Å². The van der Waals surface area contributed by atoms with Gasteiger partial charge in [0.05, 0.1) is 18.9 Å². The van der Waals surface area contributed by atoms with Gasteiger partial charge in [0.15, 0.2) is 0 Å². The van der Waals surface area contributed by atoms with Gasteiger partial charge >= 0.3 is 0 Å². The summed E-state index contributed by atoms with van der Waals surface area (Å²) in [6, 6.07) is -0.123. The average Bonchev–Trinajstić information content (AvgIpc) is 2.72. The predicted octanol–water partition coefficient (Wildman–Crippen LogP) is 0.724. The summed E-state index contributed by atoms with van der Waals surface area (Å²) >= 11 is 0. The van der Waals surface area contributed by atoms with Crippen molar-refractivity contribution < 1.29 is 4.74 Å². The van der Waals surface area contributed by atoms with Gasteiger partial charge in [0, 0.05) is 25.9 Å². The van der Waals surface area contributed by atoms with Crippen molar-refractivity contribution in [2.75, 3.05) is 6.61 Å². The molecule has 70 valence electrons. The van der Waals surface area contributed by atoms with Crippen LogP contribution in [0, 0.1) is 0 Å². The van der Waals surface area contributed by atoms with Crippen LogP contribution in [0.3, 0.4) is 0 Å². The summed E-state index contributed by atoms with van der Waals surface area (Å²) in [5, 5.41) is 0. The Morgan fingerprint density at radius 3 is 3.08 bits per heavy atom. The Labute approximate surface area is 77.0 Å². The molecule has 1 aromatic rings. The molecule has 2 N–H and O–H groups in total. The van der Waals surface area contributed by atoms with Gasteiger partial charge in [-0.05, 0) is 5.57 Å². The van der Waals surface area contributed by atoms with Crippen molar-refractivity contribution >= 4 is 0 Å². The second-order valence-corrected chi connectivity index (χ2v) is 3.19. The second kappa shape index (κ2) is 3.22. The molecular formula is C9H13N3O. The highest BCUT2D eigenvalue weighted by Crippen LogP contribution is 2.23. The molecule has 0 aliphatic carbocycles. The van der Waals surface area contributed by atoms with E-state index >= 15 is 0 Å². The predicted molar refractivity (Wildman–Crippen MR) is 48.8 cm³/mol. The Hall–Kier alpha value is -1.29. The molecule has 1 aromatic heterocycles. The van der Waals surface area contributed by atoms with E-state index in [-0.39, 0.29) is 6.04 Å². The molecule has 0 amide bonds. The monoisotopic (exact) mass is 179 g/mol. The zero-order valence-electron chi connectivity index (χ0n) is 7.60. The number of aryl methyl sites for hydroxylation is 1. The average molecular weight is 179 g/mol. The molecule has 1 aliphatic rings. The van der Waals surface area contributed by atoms with Gasteiger partial charge in [-0.25, -0.2) is 4.98 Å². The van der Waals surface area contributed by atoms with Crippen LogP contribution in [0.4, 0.5) is 0 Å². The molecule has 0 saturated carbocycles. The number of nitrogens with two attached hydrogens (primary N) is 1. The van der Waals surface area contributed by atoms with Crippen molar-refractivity contribution in [3.63, 3.8) is 0 Å². The molecule has 2 heterocycles. The van der Waals surface area contributed by atoms with Gasteiger partial charge in [0.2, 0.25) is 0 Å². The van der Waals surface area contributed by atoms with Crippen LogP contribution in [0.15, 0.2) is 24.2 Å². The highest BCUT2D eigenvalue weighted by molar-refractivity contribution is 5.18. The number of rotatable bonds is 2. The van der Waals surface area contributed by atoms with Gasteiger partial charge in [-0.3, -0.25) is 0 Å². The lowest BCUT2D eigenvalue weighted by Gasteiger charge is -2.10. The molecule has 1 atom stereocenters. The lowest BCUT2D eigenvalue weighted by molar-refractivity contribution is 0.281. The Morgan fingerprint density at radius 1 is 1.69 bits per heavy atom. The first kappa shape index (κ1) is 8.31. The van der Waals surface area contributed by atoms with Gasteiger partial charge < -0.3 is 15.0 Å². The minimum Gasteiger partial charge on any atom is -0.501 e. The number of hydrogen-bond acceptors (Lipinski definition) is 3. The van der Waals surface area contributed by atoms with Crippen molar-refractivity contribution in [3.05, 3.63) is 30.1 Å². The molecule has 0 fully saturated rings. The molecule has 0 aromatic carbocycles. The van der Waals surface area contributed by atoms with E-state index in [4.69, 9.17) is 10.5 Å². The number of ether oxygens (including phenoxy) is 1. The fourth-order valence-electron chi connectivity index (χ4n) is 1.47. The van der Waals surface area contributed by atoms with Crippen molar-refractivity contribution in [2.24, 2.45) is 12.8 Å². The van der Waals surface area contributed by atoms with E-state index in [2.05, 4.69) is 4.98 Å². The first-order valence-corrected chi connectivity index (χ1v) is 4.32. The van der Waals surface area contributed by atoms with E-state index in [1.165, 1.54) is 0 Å². The Balaban J connectivity index is 2.21. The molecule has 0 radical (unpaired) electrons. The molecule has 13 heavy (non-hydrogen) atoms. The minimum absolute atomic E-state index is 0.123. The number of hydrogen-bond donors (Lipinski definition) is 1. The minimum atomic E-state index is -0.123. The van der Waals surface area contributed by atoms with E-state index in [1.807, 2.05) is 17.8 Å². The van der Waals surface area contributed by atoms with Gasteiger partial charge in [0.25, 0.3) is 0 Å². The summed E-state index contributed by atoms with van der Waals surface area (Å²) in [5.41, 5.74) is 7.13. The van der Waals surface area contributed by atoms with Crippen LogP contribution in [-0.4, -0.2) is 16.2 Å². The van der Waals surface area contributed by atoms with Gasteiger partial charge in [-0.15, -0.1) is 0 Å². The van der Waals surface area contributed by atoms with E-state index in [0.29, 0.717) is 0 Å². The van der Waals surface area contributed by atoms with Crippen LogP contribution in [0.5, 0.6) is 0 Å². The molecular weight excluding hydrogens is 166 g/mol. The fraction of sp³-hybridized carbons (Fsp3) is 0.444. The summed E-state index contributed by atoms with van der Waals surface area (Å²) in [7, 11) is 1.94. The maximum Gasteiger partial charge on any atom is 0.129 e. The van der Waals surface area contributed by atoms with Gasteiger partial charge in [-0.2, -0.15) is 0 Å². The molecule has 1 unspecified atom stereocenters. The standard InChI is InChI=1S/C9H13N3O/c1-12-4-3-11-9(12)8(10)7-2-5-13-6-7/h3-4,6,8H,2,5,10H2,1H3. The highest BCUT2D eigenvalue weighted by atomic mass is 16.5. The topological polar surface area (TPSA) is 53.1 Å². The van der Waals surface area contributed by atoms with Crippen LogP contribution in [0.2, 0.25) is 0 Å². The summed E-state index contributed by atoms with van der Waals surface area (Å²) in [4.78, 5) is 4.20. The maximum absolute atomic E-state index is 6.01. The molecule has 1 aliphatic heterocycles. The van der Waals surface area contributed by atoms with E-state index in [9.17, 15) is 0 Å². The van der Waals surface area contributed by atoms with Crippen LogP contribution in [0.25, 0.3) is 0 Å². The lowest BCUT2D eigenvalue weighted by Crippen LogP contribution is -2.17. The third-order valence-electron chi connectivity index (χ3n) is 2.28. The maximum atomic E-state index is 6.01. The zero-order chi connectivity index (χ0) is 9.26. The van der Waals surface area contributed by atoms with Crippen LogP contribution in [0.1, 0.15) is 18.3 Å². The van der Waals surface area contributed by atoms with E-state index in [1.54, 1.807) is 12.5 Å². The van der Waals surface area contributed by atoms with Crippen LogP contribution >= 0.6 is 0 Å². The summed E-state index contributed by atoms with van der Waals surface area (Å²) in [6.07, 6.45) is 6.31. The van der Waals surface area contributed by atoms with Crippen LogP contribution < -0.4 is 5.73 Å². The first-order chi connectivity index (χ1) is 6.29. The van der Waals surface area contributed by atoms with Crippen LogP contribution in [-0.2, 0) is 11.8 Å². The SMILES string of the molecule is Cn1ccnc1C(N)C1=COCC1.